The summed E-state index contributed by atoms with van der Waals surface area (Å²) in [5.74, 6) is 0.0283. The minimum absolute atomic E-state index is 0.165. The molecule has 2 amide bonds. The molecule has 0 spiro atoms. The number of hydrogen-bond acceptors (Lipinski definition) is 5. The van der Waals surface area contributed by atoms with Crippen LogP contribution in [-0.4, -0.2) is 53.7 Å². The number of thioether (sulfide) groups is 1. The number of amides is 2. The first-order valence-electron chi connectivity index (χ1n) is 8.28. The molecule has 6 nitrogen and oxygen atoms in total. The van der Waals surface area contributed by atoms with Gasteiger partial charge < -0.3 is 0 Å². The van der Waals surface area contributed by atoms with Gasteiger partial charge in [-0.05, 0) is 44.7 Å². The topological polar surface area (TPSA) is 74.8 Å². The van der Waals surface area contributed by atoms with Crippen LogP contribution in [0.4, 0.5) is 4.79 Å². The number of benzene rings is 1. The van der Waals surface area contributed by atoms with Crippen molar-refractivity contribution in [2.45, 2.75) is 44.6 Å². The number of aryl methyl sites for hydroxylation is 3. The van der Waals surface area contributed by atoms with Crippen molar-refractivity contribution in [2.75, 3.05) is 18.8 Å². The highest BCUT2D eigenvalue weighted by molar-refractivity contribution is 8.14. The Morgan fingerprint density at radius 3 is 2.08 bits per heavy atom. The molecule has 0 N–H and O–H groups in total. The van der Waals surface area contributed by atoms with Crippen molar-refractivity contribution in [1.29, 1.82) is 0 Å². The van der Waals surface area contributed by atoms with E-state index in [1.807, 2.05) is 32.9 Å². The lowest BCUT2D eigenvalue weighted by molar-refractivity contribution is -0.126. The monoisotopic (exact) mass is 382 g/mol. The van der Waals surface area contributed by atoms with Gasteiger partial charge in [0.2, 0.25) is 15.9 Å². The fraction of sp³-hybridized carbons (Fsp3) is 0.529. The Hall–Kier alpha value is -1.38. The van der Waals surface area contributed by atoms with Gasteiger partial charge in [-0.15, -0.1) is 0 Å². The van der Waals surface area contributed by atoms with Crippen LogP contribution in [0, 0.1) is 20.8 Å². The quantitative estimate of drug-likeness (QED) is 0.803. The van der Waals surface area contributed by atoms with Crippen LogP contribution in [0.1, 0.15) is 29.5 Å². The Morgan fingerprint density at radius 2 is 1.60 bits per heavy atom. The third-order valence-electron chi connectivity index (χ3n) is 4.78. The molecule has 2 heterocycles. The molecule has 0 bridgehead atoms. The molecule has 0 saturated carbocycles. The summed E-state index contributed by atoms with van der Waals surface area (Å²) in [7, 11) is -3.57. The Morgan fingerprint density at radius 1 is 1.04 bits per heavy atom. The first-order valence-corrected chi connectivity index (χ1v) is 10.7. The highest BCUT2D eigenvalue weighted by Crippen LogP contribution is 2.30. The van der Waals surface area contributed by atoms with Crippen LogP contribution in [0.2, 0.25) is 0 Å². The van der Waals surface area contributed by atoms with E-state index in [1.54, 1.807) is 0 Å². The molecule has 0 aliphatic carbocycles. The molecular formula is C17H22N2O4S2. The SMILES string of the molecule is Cc1cc(C)c(S(=O)(=O)N2CCC(N3C(=O)CSC3=O)CC2)c(C)c1. The number of carbonyl (C=O) groups is 2. The number of piperidine rings is 1. The van der Waals surface area contributed by atoms with Gasteiger partial charge in [0.25, 0.3) is 5.24 Å². The number of imide groups is 1. The Kier molecular flexibility index (Phi) is 4.96. The third-order valence-corrected chi connectivity index (χ3v) is 7.82. The zero-order valence-corrected chi connectivity index (χ0v) is 16.2. The summed E-state index contributed by atoms with van der Waals surface area (Å²) in [6.45, 7) is 6.23. The van der Waals surface area contributed by atoms with Gasteiger partial charge in [-0.1, -0.05) is 29.5 Å². The van der Waals surface area contributed by atoms with Gasteiger partial charge in [-0.2, -0.15) is 4.31 Å². The number of sulfonamides is 1. The van der Waals surface area contributed by atoms with Crippen LogP contribution >= 0.6 is 11.8 Å². The lowest BCUT2D eigenvalue weighted by atomic mass is 10.1. The maximum absolute atomic E-state index is 13.1. The van der Waals surface area contributed by atoms with Crippen LogP contribution in [0.5, 0.6) is 0 Å². The van der Waals surface area contributed by atoms with E-state index in [4.69, 9.17) is 0 Å². The van der Waals surface area contributed by atoms with Gasteiger partial charge in [0.1, 0.15) is 0 Å². The van der Waals surface area contributed by atoms with E-state index in [0.29, 0.717) is 30.8 Å². The number of carbonyl (C=O) groups excluding carboxylic acids is 2. The summed E-state index contributed by atoms with van der Waals surface area (Å²) in [6, 6.07) is 3.57. The molecule has 0 atom stereocenters. The van der Waals surface area contributed by atoms with E-state index >= 15 is 0 Å². The number of nitrogens with zero attached hydrogens (tertiary/aromatic N) is 2. The van der Waals surface area contributed by atoms with E-state index in [1.165, 1.54) is 9.21 Å². The smallest absolute Gasteiger partial charge is 0.273 e. The standard InChI is InChI=1S/C17H22N2O4S2/c1-11-8-12(2)16(13(3)9-11)25(22,23)18-6-4-14(5-7-18)19-15(20)10-24-17(19)21/h8-9,14H,4-7,10H2,1-3H3. The zero-order chi connectivity index (χ0) is 18.4. The molecule has 0 unspecified atom stereocenters. The van der Waals surface area contributed by atoms with E-state index < -0.39 is 10.0 Å². The lowest BCUT2D eigenvalue weighted by Crippen LogP contribution is -2.48. The number of hydrogen-bond donors (Lipinski definition) is 0. The van der Waals surface area contributed by atoms with E-state index in [9.17, 15) is 18.0 Å². The van der Waals surface area contributed by atoms with Crippen molar-refractivity contribution in [3.05, 3.63) is 28.8 Å². The molecule has 0 radical (unpaired) electrons. The van der Waals surface area contributed by atoms with Crippen LogP contribution < -0.4 is 0 Å². The molecule has 2 fully saturated rings. The van der Waals surface area contributed by atoms with Crippen LogP contribution in [0.3, 0.4) is 0 Å². The molecule has 1 aromatic carbocycles. The molecule has 0 aromatic heterocycles. The minimum atomic E-state index is -3.57. The number of rotatable bonds is 3. The predicted octanol–water partition coefficient (Wildman–Crippen LogP) is 2.46. The molecule has 25 heavy (non-hydrogen) atoms. The average molecular weight is 383 g/mol. The molecule has 1 aromatic rings. The summed E-state index contributed by atoms with van der Waals surface area (Å²) in [5, 5.41) is -0.212. The Balaban J connectivity index is 1.79. The predicted molar refractivity (Wildman–Crippen MR) is 97.1 cm³/mol. The van der Waals surface area contributed by atoms with Gasteiger partial charge in [-0.3, -0.25) is 14.5 Å². The van der Waals surface area contributed by atoms with Gasteiger partial charge >= 0.3 is 0 Å². The average Bonchev–Trinajstić information content (AvgIpc) is 2.85. The maximum atomic E-state index is 13.1. The van der Waals surface area contributed by atoms with Gasteiger partial charge in [0, 0.05) is 19.1 Å². The first kappa shape index (κ1) is 18.4. The van der Waals surface area contributed by atoms with Crippen LogP contribution in [-0.2, 0) is 14.8 Å². The molecule has 2 aliphatic heterocycles. The van der Waals surface area contributed by atoms with Crippen molar-refractivity contribution in [3.8, 4) is 0 Å². The summed E-state index contributed by atoms with van der Waals surface area (Å²) in [6.07, 6.45) is 0.975. The molecule has 3 rings (SSSR count). The van der Waals surface area contributed by atoms with Crippen molar-refractivity contribution < 1.29 is 18.0 Å². The Bertz CT molecular complexity index is 788. The van der Waals surface area contributed by atoms with Crippen molar-refractivity contribution in [1.82, 2.24) is 9.21 Å². The molecule has 2 saturated heterocycles. The molecule has 2 aliphatic rings. The second-order valence-electron chi connectivity index (χ2n) is 6.68. The van der Waals surface area contributed by atoms with E-state index in [0.717, 1.165) is 28.5 Å². The summed E-state index contributed by atoms with van der Waals surface area (Å²) in [4.78, 5) is 25.4. The molecule has 8 heteroatoms. The second-order valence-corrected chi connectivity index (χ2v) is 9.48. The fourth-order valence-electron chi connectivity index (χ4n) is 3.76. The van der Waals surface area contributed by atoms with Gasteiger partial charge in [0.15, 0.2) is 0 Å². The van der Waals surface area contributed by atoms with E-state index in [2.05, 4.69) is 0 Å². The normalized spacial score (nSPS) is 20.5. The van der Waals surface area contributed by atoms with Crippen molar-refractivity contribution in [2.24, 2.45) is 0 Å². The van der Waals surface area contributed by atoms with Gasteiger partial charge in [-0.25, -0.2) is 8.42 Å². The second kappa shape index (κ2) is 6.74. The zero-order valence-electron chi connectivity index (χ0n) is 14.6. The van der Waals surface area contributed by atoms with Gasteiger partial charge in [0.05, 0.1) is 10.6 Å². The summed E-state index contributed by atoms with van der Waals surface area (Å²) in [5.41, 5.74) is 2.54. The maximum Gasteiger partial charge on any atom is 0.289 e. The lowest BCUT2D eigenvalue weighted by Gasteiger charge is -2.35. The van der Waals surface area contributed by atoms with E-state index in [-0.39, 0.29) is 22.9 Å². The summed E-state index contributed by atoms with van der Waals surface area (Å²) >= 11 is 1.02. The molecule has 136 valence electrons. The minimum Gasteiger partial charge on any atom is -0.273 e. The summed E-state index contributed by atoms with van der Waals surface area (Å²) < 4.78 is 27.6. The highest BCUT2D eigenvalue weighted by atomic mass is 32.2. The van der Waals surface area contributed by atoms with Crippen LogP contribution in [0.15, 0.2) is 17.0 Å². The van der Waals surface area contributed by atoms with Crippen molar-refractivity contribution >= 4 is 32.9 Å². The third kappa shape index (κ3) is 3.35. The highest BCUT2D eigenvalue weighted by Gasteiger charge is 2.39. The van der Waals surface area contributed by atoms with Crippen molar-refractivity contribution in [3.63, 3.8) is 0 Å². The van der Waals surface area contributed by atoms with Crippen LogP contribution in [0.25, 0.3) is 0 Å². The largest absolute Gasteiger partial charge is 0.289 e. The molecular weight excluding hydrogens is 360 g/mol. The fourth-order valence-corrected chi connectivity index (χ4v) is 6.42. The Labute approximate surface area is 152 Å². The first-order chi connectivity index (χ1) is 11.7.